The molecular weight excluding hydrogens is 186 g/mol. The van der Waals surface area contributed by atoms with Gasteiger partial charge in [-0.25, -0.2) is 0 Å². The van der Waals surface area contributed by atoms with Gasteiger partial charge in [0.25, 0.3) is 0 Å². The van der Waals surface area contributed by atoms with Crippen LogP contribution in [0.3, 0.4) is 0 Å². The van der Waals surface area contributed by atoms with Crippen LogP contribution in [-0.4, -0.2) is 11.8 Å². The first-order valence-electron chi connectivity index (χ1n) is 5.47. The highest BCUT2D eigenvalue weighted by Gasteiger charge is 2.17. The van der Waals surface area contributed by atoms with E-state index in [1.54, 1.807) is 6.92 Å². The number of carbonyl (C=O) groups excluding carboxylic acids is 1. The molecule has 0 unspecified atom stereocenters. The SMILES string of the molecule is CC(=O)c1cc2c(cc1C)CC[C@H](N)C2. The van der Waals surface area contributed by atoms with Gasteiger partial charge < -0.3 is 5.73 Å². The molecule has 15 heavy (non-hydrogen) atoms. The summed E-state index contributed by atoms with van der Waals surface area (Å²) < 4.78 is 0. The van der Waals surface area contributed by atoms with E-state index in [-0.39, 0.29) is 11.8 Å². The molecule has 1 atom stereocenters. The Balaban J connectivity index is 2.47. The van der Waals surface area contributed by atoms with Crippen molar-refractivity contribution in [1.29, 1.82) is 0 Å². The van der Waals surface area contributed by atoms with Crippen molar-refractivity contribution in [2.24, 2.45) is 5.73 Å². The maximum absolute atomic E-state index is 11.4. The molecule has 1 aliphatic rings. The van der Waals surface area contributed by atoms with Crippen LogP contribution >= 0.6 is 0 Å². The molecule has 0 bridgehead atoms. The predicted octanol–water partition coefficient (Wildman–Crippen LogP) is 2.01. The summed E-state index contributed by atoms with van der Waals surface area (Å²) in [4.78, 5) is 11.4. The monoisotopic (exact) mass is 203 g/mol. The fourth-order valence-electron chi connectivity index (χ4n) is 2.34. The molecule has 1 aromatic carbocycles. The zero-order chi connectivity index (χ0) is 11.0. The topological polar surface area (TPSA) is 43.1 Å². The van der Waals surface area contributed by atoms with E-state index in [4.69, 9.17) is 5.73 Å². The largest absolute Gasteiger partial charge is 0.327 e. The van der Waals surface area contributed by atoms with E-state index < -0.39 is 0 Å². The number of aryl methyl sites for hydroxylation is 2. The summed E-state index contributed by atoms with van der Waals surface area (Å²) in [6.07, 6.45) is 3.03. The zero-order valence-corrected chi connectivity index (χ0v) is 9.34. The van der Waals surface area contributed by atoms with E-state index in [2.05, 4.69) is 6.07 Å². The van der Waals surface area contributed by atoms with Gasteiger partial charge in [0, 0.05) is 11.6 Å². The molecule has 0 saturated carbocycles. The van der Waals surface area contributed by atoms with Gasteiger partial charge in [-0.2, -0.15) is 0 Å². The van der Waals surface area contributed by atoms with Gasteiger partial charge in [-0.3, -0.25) is 4.79 Å². The van der Waals surface area contributed by atoms with Crippen molar-refractivity contribution in [3.8, 4) is 0 Å². The number of hydrogen-bond acceptors (Lipinski definition) is 2. The number of fused-ring (bicyclic) bond motifs is 1. The Labute approximate surface area is 90.5 Å². The minimum absolute atomic E-state index is 0.148. The van der Waals surface area contributed by atoms with Gasteiger partial charge in [0.2, 0.25) is 0 Å². The van der Waals surface area contributed by atoms with Gasteiger partial charge >= 0.3 is 0 Å². The quantitative estimate of drug-likeness (QED) is 0.709. The fraction of sp³-hybridized carbons (Fsp3) is 0.462. The van der Waals surface area contributed by atoms with Gasteiger partial charge in [0.15, 0.2) is 5.78 Å². The van der Waals surface area contributed by atoms with Crippen molar-refractivity contribution >= 4 is 5.78 Å². The molecule has 2 nitrogen and oxygen atoms in total. The Kier molecular flexibility index (Phi) is 2.61. The molecule has 0 radical (unpaired) electrons. The van der Waals surface area contributed by atoms with Gasteiger partial charge in [0.05, 0.1) is 0 Å². The number of rotatable bonds is 1. The minimum Gasteiger partial charge on any atom is -0.327 e. The number of Topliss-reactive ketones (excluding diaryl/α,β-unsaturated/α-hetero) is 1. The summed E-state index contributed by atoms with van der Waals surface area (Å²) in [6, 6.07) is 4.45. The Morgan fingerprint density at radius 1 is 1.40 bits per heavy atom. The molecule has 2 rings (SSSR count). The van der Waals surface area contributed by atoms with Crippen molar-refractivity contribution in [1.82, 2.24) is 0 Å². The molecule has 0 saturated heterocycles. The number of nitrogens with two attached hydrogens (primary N) is 1. The van der Waals surface area contributed by atoms with Crippen LogP contribution in [0.4, 0.5) is 0 Å². The van der Waals surface area contributed by atoms with Crippen LogP contribution in [0, 0.1) is 6.92 Å². The maximum Gasteiger partial charge on any atom is 0.160 e. The van der Waals surface area contributed by atoms with E-state index >= 15 is 0 Å². The van der Waals surface area contributed by atoms with E-state index in [9.17, 15) is 4.79 Å². The van der Waals surface area contributed by atoms with Crippen LogP contribution in [0.2, 0.25) is 0 Å². The number of hydrogen-bond donors (Lipinski definition) is 1. The van der Waals surface area contributed by atoms with Crippen molar-refractivity contribution in [3.05, 3.63) is 34.4 Å². The van der Waals surface area contributed by atoms with Crippen LogP contribution in [0.25, 0.3) is 0 Å². The van der Waals surface area contributed by atoms with E-state index in [0.717, 1.165) is 30.4 Å². The van der Waals surface area contributed by atoms with Crippen LogP contribution in [0.5, 0.6) is 0 Å². The van der Waals surface area contributed by atoms with E-state index in [1.807, 2.05) is 13.0 Å². The maximum atomic E-state index is 11.4. The predicted molar refractivity (Wildman–Crippen MR) is 61.2 cm³/mol. The molecule has 80 valence electrons. The second-order valence-corrected chi connectivity index (χ2v) is 4.49. The Morgan fingerprint density at radius 3 is 2.80 bits per heavy atom. The second-order valence-electron chi connectivity index (χ2n) is 4.49. The molecule has 0 spiro atoms. The first kappa shape index (κ1) is 10.4. The Hall–Kier alpha value is -1.15. The summed E-state index contributed by atoms with van der Waals surface area (Å²) in [5.41, 5.74) is 10.5. The molecule has 1 aromatic rings. The number of benzene rings is 1. The Morgan fingerprint density at radius 2 is 2.13 bits per heavy atom. The second kappa shape index (κ2) is 3.78. The normalized spacial score (nSPS) is 19.8. The average Bonchev–Trinajstić information content (AvgIpc) is 2.17. The standard InChI is InChI=1S/C13H17NO/c1-8-5-10-3-4-12(14)6-11(10)7-13(8)9(2)15/h5,7,12H,3-4,6,14H2,1-2H3/t12-/m0/s1. The summed E-state index contributed by atoms with van der Waals surface area (Å²) in [7, 11) is 0. The molecule has 0 amide bonds. The van der Waals surface area contributed by atoms with Crippen LogP contribution in [0.15, 0.2) is 12.1 Å². The smallest absolute Gasteiger partial charge is 0.160 e. The Bertz CT molecular complexity index is 409. The average molecular weight is 203 g/mol. The van der Waals surface area contributed by atoms with E-state index in [1.165, 1.54) is 11.1 Å². The van der Waals surface area contributed by atoms with Crippen LogP contribution in [0.1, 0.15) is 40.4 Å². The lowest BCUT2D eigenvalue weighted by atomic mass is 9.85. The lowest BCUT2D eigenvalue weighted by Crippen LogP contribution is -2.28. The zero-order valence-electron chi connectivity index (χ0n) is 9.34. The number of ketones is 1. The third-order valence-corrected chi connectivity index (χ3v) is 3.19. The molecule has 2 N–H and O–H groups in total. The lowest BCUT2D eigenvalue weighted by Gasteiger charge is -2.22. The number of carbonyl (C=O) groups is 1. The first-order valence-corrected chi connectivity index (χ1v) is 5.47. The molecule has 1 aliphatic carbocycles. The van der Waals surface area contributed by atoms with E-state index in [0.29, 0.717) is 0 Å². The molecule has 0 aromatic heterocycles. The third-order valence-electron chi connectivity index (χ3n) is 3.19. The lowest BCUT2D eigenvalue weighted by molar-refractivity contribution is 0.101. The molecule has 0 heterocycles. The van der Waals surface area contributed by atoms with Crippen molar-refractivity contribution < 1.29 is 4.79 Å². The fourth-order valence-corrected chi connectivity index (χ4v) is 2.34. The highest BCUT2D eigenvalue weighted by molar-refractivity contribution is 5.95. The minimum atomic E-state index is 0.148. The van der Waals surface area contributed by atoms with Crippen LogP contribution in [-0.2, 0) is 12.8 Å². The van der Waals surface area contributed by atoms with Gasteiger partial charge in [-0.05, 0) is 55.9 Å². The first-order chi connectivity index (χ1) is 7.08. The summed E-state index contributed by atoms with van der Waals surface area (Å²) >= 11 is 0. The van der Waals surface area contributed by atoms with Crippen LogP contribution < -0.4 is 5.73 Å². The molecule has 0 fully saturated rings. The summed E-state index contributed by atoms with van der Waals surface area (Å²) in [5.74, 6) is 0.148. The summed E-state index contributed by atoms with van der Waals surface area (Å²) in [5, 5.41) is 0. The molecule has 2 heteroatoms. The van der Waals surface area contributed by atoms with Crippen molar-refractivity contribution in [3.63, 3.8) is 0 Å². The summed E-state index contributed by atoms with van der Waals surface area (Å²) in [6.45, 7) is 3.63. The van der Waals surface area contributed by atoms with Gasteiger partial charge in [0.1, 0.15) is 0 Å². The van der Waals surface area contributed by atoms with Gasteiger partial charge in [-0.15, -0.1) is 0 Å². The highest BCUT2D eigenvalue weighted by Crippen LogP contribution is 2.24. The van der Waals surface area contributed by atoms with Crippen molar-refractivity contribution in [2.75, 3.05) is 0 Å². The highest BCUT2D eigenvalue weighted by atomic mass is 16.1. The molecule has 0 aliphatic heterocycles. The van der Waals surface area contributed by atoms with Gasteiger partial charge in [-0.1, -0.05) is 6.07 Å². The van der Waals surface area contributed by atoms with Crippen molar-refractivity contribution in [2.45, 2.75) is 39.2 Å². The third kappa shape index (κ3) is 1.95. The molecular formula is C13H17NO.